The molecule has 0 atom stereocenters. The summed E-state index contributed by atoms with van der Waals surface area (Å²) in [5, 5.41) is 4.43. The van der Waals surface area contributed by atoms with Gasteiger partial charge in [-0.1, -0.05) is 24.3 Å². The van der Waals surface area contributed by atoms with Crippen LogP contribution in [-0.2, 0) is 4.74 Å². The molecule has 2 rings (SSSR count). The van der Waals surface area contributed by atoms with Gasteiger partial charge < -0.3 is 15.5 Å². The van der Waals surface area contributed by atoms with E-state index in [1.165, 1.54) is 6.20 Å². The highest BCUT2D eigenvalue weighted by atomic mass is 16.5. The molecule has 0 aliphatic carbocycles. The maximum absolute atomic E-state index is 12.2. The lowest BCUT2D eigenvalue weighted by atomic mass is 10.1. The SMILES string of the molecule is CCOCCNC(=O)c1cnc(NN)c2ccccc12. The Kier molecular flexibility index (Phi) is 4.86. The molecule has 0 radical (unpaired) electrons. The van der Waals surface area contributed by atoms with E-state index in [1.807, 2.05) is 31.2 Å². The van der Waals surface area contributed by atoms with E-state index in [0.29, 0.717) is 31.1 Å². The number of nitrogen functional groups attached to an aromatic ring is 1. The van der Waals surface area contributed by atoms with Crippen LogP contribution in [0.15, 0.2) is 30.5 Å². The van der Waals surface area contributed by atoms with Crippen LogP contribution in [0.1, 0.15) is 17.3 Å². The van der Waals surface area contributed by atoms with Gasteiger partial charge in [0, 0.05) is 24.7 Å². The zero-order valence-electron chi connectivity index (χ0n) is 11.3. The first kappa shape index (κ1) is 14.2. The van der Waals surface area contributed by atoms with Crippen LogP contribution in [0.3, 0.4) is 0 Å². The molecule has 1 heterocycles. The number of aromatic nitrogens is 1. The molecular formula is C14H18N4O2. The summed E-state index contributed by atoms with van der Waals surface area (Å²) in [6, 6.07) is 7.49. The van der Waals surface area contributed by atoms with Crippen molar-refractivity contribution >= 4 is 22.5 Å². The molecule has 0 aliphatic heterocycles. The number of carbonyl (C=O) groups is 1. The van der Waals surface area contributed by atoms with Crippen molar-refractivity contribution in [1.82, 2.24) is 10.3 Å². The van der Waals surface area contributed by atoms with Crippen molar-refractivity contribution in [3.8, 4) is 0 Å². The minimum atomic E-state index is -0.169. The predicted octanol–water partition coefficient (Wildman–Crippen LogP) is 1.29. The average Bonchev–Trinajstić information content (AvgIpc) is 2.50. The van der Waals surface area contributed by atoms with E-state index in [2.05, 4.69) is 15.7 Å². The zero-order chi connectivity index (χ0) is 14.4. The number of benzene rings is 1. The second-order valence-electron chi connectivity index (χ2n) is 4.16. The maximum atomic E-state index is 12.2. The second-order valence-corrected chi connectivity index (χ2v) is 4.16. The van der Waals surface area contributed by atoms with Crippen LogP contribution in [-0.4, -0.2) is 30.6 Å². The van der Waals surface area contributed by atoms with Crippen LogP contribution in [0.5, 0.6) is 0 Å². The second kappa shape index (κ2) is 6.83. The maximum Gasteiger partial charge on any atom is 0.253 e. The van der Waals surface area contributed by atoms with E-state index in [9.17, 15) is 4.79 Å². The summed E-state index contributed by atoms with van der Waals surface area (Å²) in [6.07, 6.45) is 1.52. The molecule has 4 N–H and O–H groups in total. The first-order valence-corrected chi connectivity index (χ1v) is 6.48. The summed E-state index contributed by atoms with van der Waals surface area (Å²) in [6.45, 7) is 3.52. The van der Waals surface area contributed by atoms with Gasteiger partial charge in [-0.05, 0) is 12.3 Å². The van der Waals surface area contributed by atoms with Gasteiger partial charge in [-0.3, -0.25) is 4.79 Å². The number of pyridine rings is 1. The Bertz CT molecular complexity index is 601. The number of carbonyl (C=O) groups excluding carboxylic acids is 1. The van der Waals surface area contributed by atoms with Gasteiger partial charge in [0.25, 0.3) is 5.91 Å². The number of ether oxygens (including phenoxy) is 1. The van der Waals surface area contributed by atoms with E-state index < -0.39 is 0 Å². The Hall–Kier alpha value is -2.18. The minimum absolute atomic E-state index is 0.169. The normalized spacial score (nSPS) is 10.5. The molecule has 0 unspecified atom stereocenters. The Morgan fingerprint density at radius 3 is 2.80 bits per heavy atom. The lowest BCUT2D eigenvalue weighted by Gasteiger charge is -2.10. The third-order valence-electron chi connectivity index (χ3n) is 2.91. The summed E-state index contributed by atoms with van der Waals surface area (Å²) < 4.78 is 5.19. The van der Waals surface area contributed by atoms with Crippen LogP contribution in [0.4, 0.5) is 5.82 Å². The average molecular weight is 274 g/mol. The molecule has 2 aromatic rings. The number of hydrogen-bond donors (Lipinski definition) is 3. The molecule has 0 bridgehead atoms. The number of hydrazine groups is 1. The van der Waals surface area contributed by atoms with Crippen LogP contribution >= 0.6 is 0 Å². The highest BCUT2D eigenvalue weighted by Crippen LogP contribution is 2.23. The first-order valence-electron chi connectivity index (χ1n) is 6.48. The Morgan fingerprint density at radius 2 is 2.10 bits per heavy atom. The fourth-order valence-corrected chi connectivity index (χ4v) is 1.96. The standard InChI is InChI=1S/C14H18N4O2/c1-2-20-8-7-16-14(19)12-9-17-13(18-15)11-6-4-3-5-10(11)12/h3-6,9H,2,7-8,15H2,1H3,(H,16,19)(H,17,18). The Labute approximate surface area is 117 Å². The molecule has 6 heteroatoms. The molecule has 1 aromatic heterocycles. The van der Waals surface area contributed by atoms with Crippen LogP contribution in [0.2, 0.25) is 0 Å². The quantitative estimate of drug-likeness (QED) is 0.419. The molecule has 0 fully saturated rings. The third kappa shape index (κ3) is 3.04. The van der Waals surface area contributed by atoms with Crippen molar-refractivity contribution in [1.29, 1.82) is 0 Å². The highest BCUT2D eigenvalue weighted by Gasteiger charge is 2.12. The van der Waals surface area contributed by atoms with Gasteiger partial charge in [0.05, 0.1) is 12.2 Å². The lowest BCUT2D eigenvalue weighted by Crippen LogP contribution is -2.27. The molecule has 106 valence electrons. The summed E-state index contributed by atoms with van der Waals surface area (Å²) >= 11 is 0. The van der Waals surface area contributed by atoms with E-state index in [0.717, 1.165) is 10.8 Å². The summed E-state index contributed by atoms with van der Waals surface area (Å²) in [7, 11) is 0. The summed E-state index contributed by atoms with van der Waals surface area (Å²) in [5.74, 6) is 5.80. The van der Waals surface area contributed by atoms with E-state index in [-0.39, 0.29) is 5.91 Å². The van der Waals surface area contributed by atoms with Crippen molar-refractivity contribution < 1.29 is 9.53 Å². The van der Waals surface area contributed by atoms with Gasteiger partial charge in [0.1, 0.15) is 5.82 Å². The van der Waals surface area contributed by atoms with E-state index in [1.54, 1.807) is 0 Å². The minimum Gasteiger partial charge on any atom is -0.380 e. The smallest absolute Gasteiger partial charge is 0.253 e. The monoisotopic (exact) mass is 274 g/mol. The molecule has 0 saturated heterocycles. The van der Waals surface area contributed by atoms with Crippen molar-refractivity contribution in [3.63, 3.8) is 0 Å². The van der Waals surface area contributed by atoms with Crippen molar-refractivity contribution in [2.75, 3.05) is 25.2 Å². The largest absolute Gasteiger partial charge is 0.380 e. The summed E-state index contributed by atoms with van der Waals surface area (Å²) in [5.41, 5.74) is 3.06. The predicted molar refractivity (Wildman–Crippen MR) is 78.4 cm³/mol. The lowest BCUT2D eigenvalue weighted by molar-refractivity contribution is 0.0924. The zero-order valence-corrected chi connectivity index (χ0v) is 11.3. The van der Waals surface area contributed by atoms with Gasteiger partial charge in [0.15, 0.2) is 0 Å². The highest BCUT2D eigenvalue weighted by molar-refractivity contribution is 6.09. The van der Waals surface area contributed by atoms with Crippen LogP contribution in [0.25, 0.3) is 10.8 Å². The molecule has 0 aliphatic rings. The Balaban J connectivity index is 2.24. The molecule has 0 saturated carbocycles. The van der Waals surface area contributed by atoms with E-state index >= 15 is 0 Å². The molecule has 0 spiro atoms. The molecule has 20 heavy (non-hydrogen) atoms. The van der Waals surface area contributed by atoms with Crippen molar-refractivity contribution in [2.24, 2.45) is 5.84 Å². The third-order valence-corrected chi connectivity index (χ3v) is 2.91. The fraction of sp³-hybridized carbons (Fsp3) is 0.286. The number of nitrogens with two attached hydrogens (primary N) is 1. The van der Waals surface area contributed by atoms with Gasteiger partial charge in [-0.25, -0.2) is 10.8 Å². The Morgan fingerprint density at radius 1 is 1.35 bits per heavy atom. The molecule has 1 amide bonds. The van der Waals surface area contributed by atoms with Crippen molar-refractivity contribution in [3.05, 3.63) is 36.0 Å². The molecule has 1 aromatic carbocycles. The molecule has 6 nitrogen and oxygen atoms in total. The van der Waals surface area contributed by atoms with E-state index in [4.69, 9.17) is 10.6 Å². The topological polar surface area (TPSA) is 89.3 Å². The number of hydrogen-bond acceptors (Lipinski definition) is 5. The van der Waals surface area contributed by atoms with Crippen LogP contribution < -0.4 is 16.6 Å². The van der Waals surface area contributed by atoms with Gasteiger partial charge in [-0.15, -0.1) is 0 Å². The molecular weight excluding hydrogens is 256 g/mol. The number of nitrogens with zero attached hydrogens (tertiary/aromatic N) is 1. The fourth-order valence-electron chi connectivity index (χ4n) is 1.96. The van der Waals surface area contributed by atoms with Crippen molar-refractivity contribution in [2.45, 2.75) is 6.92 Å². The number of rotatable bonds is 6. The van der Waals surface area contributed by atoms with Gasteiger partial charge in [0.2, 0.25) is 0 Å². The summed E-state index contributed by atoms with van der Waals surface area (Å²) in [4.78, 5) is 16.3. The first-order chi connectivity index (χ1) is 9.77. The van der Waals surface area contributed by atoms with Crippen LogP contribution in [0, 0.1) is 0 Å². The van der Waals surface area contributed by atoms with Gasteiger partial charge in [-0.2, -0.15) is 0 Å². The van der Waals surface area contributed by atoms with Gasteiger partial charge >= 0.3 is 0 Å². The number of fused-ring (bicyclic) bond motifs is 1. The number of anilines is 1. The number of nitrogens with one attached hydrogen (secondary N) is 2. The number of amides is 1.